The van der Waals surface area contributed by atoms with Gasteiger partial charge in [0.1, 0.15) is 6.04 Å². The average molecular weight is 345 g/mol. The van der Waals surface area contributed by atoms with Gasteiger partial charge in [0, 0.05) is 13.3 Å². The Morgan fingerprint density at radius 3 is 2.60 bits per heavy atom. The summed E-state index contributed by atoms with van der Waals surface area (Å²) in [6.07, 6.45) is 2.03. The van der Waals surface area contributed by atoms with Crippen molar-refractivity contribution < 1.29 is 14.4 Å². The number of rotatable bonds is 6. The standard InChI is InChI=1S/C19H27N3O3/c1-12(23)21-16(8-9-17(20)24)18(25)22-15-10-11-19(2,3)14-7-5-4-6-13(14)15/h4-7,15-16H,8-11H2,1-3H3,(H2,20,24)(H,21,23)(H,22,25)/t15-,16-/m0/s1. The van der Waals surface area contributed by atoms with E-state index >= 15 is 0 Å². The zero-order chi connectivity index (χ0) is 18.6. The third-order valence-electron chi connectivity index (χ3n) is 4.81. The third kappa shape index (κ3) is 4.81. The molecule has 3 amide bonds. The number of primary amides is 1. The average Bonchev–Trinajstić information content (AvgIpc) is 2.54. The van der Waals surface area contributed by atoms with Crippen LogP contribution in [0.1, 0.15) is 63.6 Å². The van der Waals surface area contributed by atoms with Gasteiger partial charge in [-0.05, 0) is 35.8 Å². The van der Waals surface area contributed by atoms with Gasteiger partial charge in [-0.15, -0.1) is 0 Å². The van der Waals surface area contributed by atoms with Gasteiger partial charge in [0.15, 0.2) is 0 Å². The van der Waals surface area contributed by atoms with Crippen LogP contribution in [0.25, 0.3) is 0 Å². The molecule has 0 fully saturated rings. The maximum Gasteiger partial charge on any atom is 0.243 e. The molecule has 0 bridgehead atoms. The Morgan fingerprint density at radius 2 is 1.96 bits per heavy atom. The summed E-state index contributed by atoms with van der Waals surface area (Å²) >= 11 is 0. The van der Waals surface area contributed by atoms with Gasteiger partial charge in [-0.25, -0.2) is 0 Å². The normalized spacial score (nSPS) is 19.4. The Balaban J connectivity index is 2.15. The fourth-order valence-corrected chi connectivity index (χ4v) is 3.44. The Morgan fingerprint density at radius 1 is 1.28 bits per heavy atom. The van der Waals surface area contributed by atoms with Gasteiger partial charge in [0.25, 0.3) is 0 Å². The summed E-state index contributed by atoms with van der Waals surface area (Å²) in [6.45, 7) is 5.76. The van der Waals surface area contributed by atoms with Crippen LogP contribution in [0.2, 0.25) is 0 Å². The van der Waals surface area contributed by atoms with Gasteiger partial charge in [0.2, 0.25) is 17.7 Å². The lowest BCUT2D eigenvalue weighted by Crippen LogP contribution is -2.48. The molecule has 0 spiro atoms. The van der Waals surface area contributed by atoms with E-state index in [2.05, 4.69) is 30.5 Å². The highest BCUT2D eigenvalue weighted by atomic mass is 16.2. The summed E-state index contributed by atoms with van der Waals surface area (Å²) in [7, 11) is 0. The lowest BCUT2D eigenvalue weighted by atomic mass is 9.71. The number of benzene rings is 1. The van der Waals surface area contributed by atoms with E-state index in [1.54, 1.807) is 0 Å². The molecule has 0 unspecified atom stereocenters. The van der Waals surface area contributed by atoms with Gasteiger partial charge in [-0.2, -0.15) is 0 Å². The minimum absolute atomic E-state index is 0.0483. The first-order valence-electron chi connectivity index (χ1n) is 8.66. The summed E-state index contributed by atoms with van der Waals surface area (Å²) in [5.74, 6) is -1.08. The molecule has 0 saturated carbocycles. The van der Waals surface area contributed by atoms with Crippen molar-refractivity contribution in [3.8, 4) is 0 Å². The number of amides is 3. The van der Waals surface area contributed by atoms with E-state index in [1.807, 2.05) is 18.2 Å². The second kappa shape index (κ2) is 7.68. The molecule has 136 valence electrons. The summed E-state index contributed by atoms with van der Waals surface area (Å²) in [6, 6.07) is 7.27. The predicted octanol–water partition coefficient (Wildman–Crippen LogP) is 1.69. The first-order chi connectivity index (χ1) is 11.7. The Bertz CT molecular complexity index is 670. The van der Waals surface area contributed by atoms with Crippen molar-refractivity contribution in [3.63, 3.8) is 0 Å². The van der Waals surface area contributed by atoms with Gasteiger partial charge in [-0.1, -0.05) is 38.1 Å². The van der Waals surface area contributed by atoms with Crippen molar-refractivity contribution in [1.82, 2.24) is 10.6 Å². The summed E-state index contributed by atoms with van der Waals surface area (Å²) < 4.78 is 0. The highest BCUT2D eigenvalue weighted by Crippen LogP contribution is 2.41. The van der Waals surface area contributed by atoms with Crippen molar-refractivity contribution in [1.29, 1.82) is 0 Å². The zero-order valence-corrected chi connectivity index (χ0v) is 15.1. The maximum absolute atomic E-state index is 12.7. The highest BCUT2D eigenvalue weighted by Gasteiger charge is 2.34. The molecule has 2 atom stereocenters. The summed E-state index contributed by atoms with van der Waals surface area (Å²) in [5, 5.41) is 5.64. The minimum Gasteiger partial charge on any atom is -0.370 e. The molecule has 1 aliphatic carbocycles. The van der Waals surface area contributed by atoms with Crippen LogP contribution in [0.3, 0.4) is 0 Å². The number of nitrogens with two attached hydrogens (primary N) is 1. The monoisotopic (exact) mass is 345 g/mol. The molecule has 6 heteroatoms. The van der Waals surface area contributed by atoms with E-state index in [0.717, 1.165) is 18.4 Å². The van der Waals surface area contributed by atoms with Crippen LogP contribution < -0.4 is 16.4 Å². The van der Waals surface area contributed by atoms with E-state index in [9.17, 15) is 14.4 Å². The molecule has 2 rings (SSSR count). The summed E-state index contributed by atoms with van der Waals surface area (Å²) in [4.78, 5) is 35.0. The molecule has 0 radical (unpaired) electrons. The van der Waals surface area contributed by atoms with E-state index < -0.39 is 11.9 Å². The molecule has 0 saturated heterocycles. The van der Waals surface area contributed by atoms with Gasteiger partial charge < -0.3 is 16.4 Å². The highest BCUT2D eigenvalue weighted by molar-refractivity contribution is 5.87. The fourth-order valence-electron chi connectivity index (χ4n) is 3.44. The predicted molar refractivity (Wildman–Crippen MR) is 95.6 cm³/mol. The largest absolute Gasteiger partial charge is 0.370 e. The smallest absolute Gasteiger partial charge is 0.243 e. The molecule has 4 N–H and O–H groups in total. The molecule has 0 heterocycles. The van der Waals surface area contributed by atoms with E-state index in [1.165, 1.54) is 12.5 Å². The first-order valence-corrected chi connectivity index (χ1v) is 8.66. The molecule has 0 aromatic heterocycles. The van der Waals surface area contributed by atoms with E-state index in [-0.39, 0.29) is 36.1 Å². The number of carbonyl (C=O) groups excluding carboxylic acids is 3. The SMILES string of the molecule is CC(=O)N[C@@H](CCC(N)=O)C(=O)N[C@H]1CCC(C)(C)c2ccccc21. The molecule has 1 aromatic carbocycles. The topological polar surface area (TPSA) is 101 Å². The lowest BCUT2D eigenvalue weighted by molar-refractivity contribution is -0.129. The Kier molecular flexibility index (Phi) is 5.82. The second-order valence-corrected chi connectivity index (χ2v) is 7.33. The van der Waals surface area contributed by atoms with Crippen LogP contribution in [-0.4, -0.2) is 23.8 Å². The van der Waals surface area contributed by atoms with Crippen LogP contribution >= 0.6 is 0 Å². The lowest BCUT2D eigenvalue weighted by Gasteiger charge is -2.37. The zero-order valence-electron chi connectivity index (χ0n) is 15.1. The molecule has 6 nitrogen and oxygen atoms in total. The molecule has 25 heavy (non-hydrogen) atoms. The number of carbonyl (C=O) groups is 3. The Hall–Kier alpha value is -2.37. The van der Waals surface area contributed by atoms with E-state index in [0.29, 0.717) is 0 Å². The van der Waals surface area contributed by atoms with Crippen molar-refractivity contribution in [2.24, 2.45) is 5.73 Å². The number of hydrogen-bond acceptors (Lipinski definition) is 3. The van der Waals surface area contributed by atoms with Gasteiger partial charge in [0.05, 0.1) is 6.04 Å². The molecule has 0 aliphatic heterocycles. The van der Waals surface area contributed by atoms with Crippen LogP contribution in [0.5, 0.6) is 0 Å². The van der Waals surface area contributed by atoms with Gasteiger partial charge in [-0.3, -0.25) is 14.4 Å². The number of fused-ring (bicyclic) bond motifs is 1. The van der Waals surface area contributed by atoms with Crippen LogP contribution in [0, 0.1) is 0 Å². The first kappa shape index (κ1) is 19.0. The number of nitrogens with one attached hydrogen (secondary N) is 2. The van der Waals surface area contributed by atoms with Crippen LogP contribution in [0.15, 0.2) is 24.3 Å². The quantitative estimate of drug-likeness (QED) is 0.731. The van der Waals surface area contributed by atoms with Crippen molar-refractivity contribution in [2.75, 3.05) is 0 Å². The van der Waals surface area contributed by atoms with E-state index in [4.69, 9.17) is 5.73 Å². The van der Waals surface area contributed by atoms with Crippen molar-refractivity contribution in [2.45, 2.75) is 64.0 Å². The fraction of sp³-hybridized carbons (Fsp3) is 0.526. The third-order valence-corrected chi connectivity index (χ3v) is 4.81. The molecule has 1 aliphatic rings. The van der Waals surface area contributed by atoms with Gasteiger partial charge >= 0.3 is 0 Å². The maximum atomic E-state index is 12.7. The Labute approximate surface area is 148 Å². The molecular weight excluding hydrogens is 318 g/mol. The van der Waals surface area contributed by atoms with Crippen molar-refractivity contribution in [3.05, 3.63) is 35.4 Å². The van der Waals surface area contributed by atoms with Crippen molar-refractivity contribution >= 4 is 17.7 Å². The van der Waals surface area contributed by atoms with Crippen LogP contribution in [0.4, 0.5) is 0 Å². The minimum atomic E-state index is -0.757. The number of hydrogen-bond donors (Lipinski definition) is 3. The second-order valence-electron chi connectivity index (χ2n) is 7.33. The molecular formula is C19H27N3O3. The summed E-state index contributed by atoms with van der Waals surface area (Å²) in [5.41, 5.74) is 7.59. The van der Waals surface area contributed by atoms with Crippen LogP contribution in [-0.2, 0) is 19.8 Å². The molecule has 1 aromatic rings.